The second-order valence-electron chi connectivity index (χ2n) is 4.15. The molecule has 0 amide bonds. The Morgan fingerprint density at radius 3 is 2.81 bits per heavy atom. The molecule has 1 aliphatic carbocycles. The highest BCUT2D eigenvalue weighted by Gasteiger charge is 2.25. The SMILES string of the molecule is BrCCCN(c1ccncc1Br)C1CCC1. The summed E-state index contributed by atoms with van der Waals surface area (Å²) in [6.07, 6.45) is 8.98. The van der Waals surface area contributed by atoms with Gasteiger partial charge in [-0.1, -0.05) is 15.9 Å². The number of halogens is 2. The lowest BCUT2D eigenvalue weighted by molar-refractivity contribution is 0.386. The molecule has 1 saturated carbocycles. The summed E-state index contributed by atoms with van der Waals surface area (Å²) in [7, 11) is 0. The molecule has 0 spiro atoms. The number of alkyl halides is 1. The molecule has 0 aliphatic heterocycles. The van der Waals surface area contributed by atoms with Crippen LogP contribution in [-0.2, 0) is 0 Å². The van der Waals surface area contributed by atoms with Crippen molar-refractivity contribution in [2.75, 3.05) is 16.8 Å². The van der Waals surface area contributed by atoms with Crippen LogP contribution in [0.25, 0.3) is 0 Å². The molecule has 0 bridgehead atoms. The van der Waals surface area contributed by atoms with Crippen LogP contribution in [0.4, 0.5) is 5.69 Å². The molecule has 1 aromatic heterocycles. The van der Waals surface area contributed by atoms with E-state index in [1.165, 1.54) is 31.4 Å². The van der Waals surface area contributed by atoms with Gasteiger partial charge >= 0.3 is 0 Å². The van der Waals surface area contributed by atoms with Gasteiger partial charge in [-0.05, 0) is 47.7 Å². The summed E-state index contributed by atoms with van der Waals surface area (Å²) < 4.78 is 1.11. The van der Waals surface area contributed by atoms with Gasteiger partial charge < -0.3 is 4.90 Å². The third-order valence-corrected chi connectivity index (χ3v) is 4.28. The fourth-order valence-corrected chi connectivity index (χ4v) is 2.76. The maximum Gasteiger partial charge on any atom is 0.0592 e. The van der Waals surface area contributed by atoms with Crippen LogP contribution in [0.3, 0.4) is 0 Å². The van der Waals surface area contributed by atoms with Gasteiger partial charge in [0, 0.05) is 30.3 Å². The summed E-state index contributed by atoms with van der Waals surface area (Å²) in [6, 6.07) is 2.84. The van der Waals surface area contributed by atoms with E-state index in [1.54, 1.807) is 0 Å². The summed E-state index contributed by atoms with van der Waals surface area (Å²) in [5.41, 5.74) is 1.29. The summed E-state index contributed by atoms with van der Waals surface area (Å²) in [4.78, 5) is 6.65. The molecule has 0 unspecified atom stereocenters. The van der Waals surface area contributed by atoms with Crippen LogP contribution in [0.1, 0.15) is 25.7 Å². The molecule has 0 aromatic carbocycles. The molecule has 0 N–H and O–H groups in total. The topological polar surface area (TPSA) is 16.1 Å². The summed E-state index contributed by atoms with van der Waals surface area (Å²) in [6.45, 7) is 1.12. The number of hydrogen-bond donors (Lipinski definition) is 0. The molecule has 0 radical (unpaired) electrons. The molecule has 1 aromatic rings. The van der Waals surface area contributed by atoms with Crippen LogP contribution >= 0.6 is 31.9 Å². The maximum atomic E-state index is 4.13. The highest BCUT2D eigenvalue weighted by atomic mass is 79.9. The van der Waals surface area contributed by atoms with Crippen LogP contribution < -0.4 is 4.90 Å². The predicted molar refractivity (Wildman–Crippen MR) is 75.3 cm³/mol. The van der Waals surface area contributed by atoms with Crippen molar-refractivity contribution < 1.29 is 0 Å². The Bertz CT molecular complexity index is 340. The minimum absolute atomic E-state index is 0.734. The summed E-state index contributed by atoms with van der Waals surface area (Å²) in [5, 5.41) is 1.07. The Hall–Kier alpha value is -0.0900. The number of nitrogens with zero attached hydrogens (tertiary/aromatic N) is 2. The zero-order valence-electron chi connectivity index (χ0n) is 9.20. The van der Waals surface area contributed by atoms with Crippen LogP contribution in [0.2, 0.25) is 0 Å². The average molecular weight is 348 g/mol. The van der Waals surface area contributed by atoms with Gasteiger partial charge in [0.15, 0.2) is 0 Å². The highest BCUT2D eigenvalue weighted by Crippen LogP contribution is 2.33. The Balaban J connectivity index is 2.13. The van der Waals surface area contributed by atoms with E-state index < -0.39 is 0 Å². The lowest BCUT2D eigenvalue weighted by Gasteiger charge is -2.39. The van der Waals surface area contributed by atoms with Crippen molar-refractivity contribution in [2.45, 2.75) is 31.7 Å². The van der Waals surface area contributed by atoms with Crippen molar-refractivity contribution >= 4 is 37.5 Å². The third-order valence-electron chi connectivity index (χ3n) is 3.11. The second-order valence-corrected chi connectivity index (χ2v) is 5.80. The van der Waals surface area contributed by atoms with Gasteiger partial charge in [0.05, 0.1) is 10.2 Å². The molecular formula is C12H16Br2N2. The van der Waals surface area contributed by atoms with Crippen molar-refractivity contribution in [1.82, 2.24) is 4.98 Å². The molecule has 1 aliphatic rings. The normalized spacial score (nSPS) is 15.9. The quantitative estimate of drug-likeness (QED) is 0.749. The van der Waals surface area contributed by atoms with Crippen molar-refractivity contribution in [3.8, 4) is 0 Å². The van der Waals surface area contributed by atoms with Gasteiger partial charge in [-0.3, -0.25) is 4.98 Å². The number of rotatable bonds is 5. The highest BCUT2D eigenvalue weighted by molar-refractivity contribution is 9.10. The number of hydrogen-bond acceptors (Lipinski definition) is 2. The Labute approximate surface area is 114 Å². The first-order valence-electron chi connectivity index (χ1n) is 5.75. The first-order valence-corrected chi connectivity index (χ1v) is 7.66. The number of pyridine rings is 1. The van der Waals surface area contributed by atoms with E-state index in [4.69, 9.17) is 0 Å². The van der Waals surface area contributed by atoms with E-state index in [1.807, 2.05) is 12.4 Å². The molecule has 1 fully saturated rings. The molecule has 2 nitrogen and oxygen atoms in total. The first kappa shape index (κ1) is 12.4. The Morgan fingerprint density at radius 1 is 1.44 bits per heavy atom. The monoisotopic (exact) mass is 346 g/mol. The zero-order valence-corrected chi connectivity index (χ0v) is 12.4. The Morgan fingerprint density at radius 2 is 2.25 bits per heavy atom. The largest absolute Gasteiger partial charge is 0.368 e. The zero-order chi connectivity index (χ0) is 11.4. The molecular weight excluding hydrogens is 332 g/mol. The maximum absolute atomic E-state index is 4.13. The molecule has 0 atom stereocenters. The van der Waals surface area contributed by atoms with Crippen LogP contribution in [0, 0.1) is 0 Å². The van der Waals surface area contributed by atoms with E-state index in [0.717, 1.165) is 22.4 Å². The number of anilines is 1. The predicted octanol–water partition coefficient (Wildman–Crippen LogP) is 3.99. The second kappa shape index (κ2) is 6.01. The van der Waals surface area contributed by atoms with Crippen molar-refractivity contribution in [2.24, 2.45) is 0 Å². The van der Waals surface area contributed by atoms with Crippen LogP contribution in [0.15, 0.2) is 22.9 Å². The summed E-state index contributed by atoms with van der Waals surface area (Å²) >= 11 is 7.10. The molecule has 16 heavy (non-hydrogen) atoms. The van der Waals surface area contributed by atoms with Gasteiger partial charge in [0.2, 0.25) is 0 Å². The van der Waals surface area contributed by atoms with Gasteiger partial charge in [-0.25, -0.2) is 0 Å². The smallest absolute Gasteiger partial charge is 0.0592 e. The van der Waals surface area contributed by atoms with Gasteiger partial charge in [-0.2, -0.15) is 0 Å². The van der Waals surface area contributed by atoms with E-state index in [-0.39, 0.29) is 0 Å². The minimum Gasteiger partial charge on any atom is -0.368 e. The van der Waals surface area contributed by atoms with E-state index in [2.05, 4.69) is 47.8 Å². The minimum atomic E-state index is 0.734. The van der Waals surface area contributed by atoms with E-state index in [9.17, 15) is 0 Å². The molecule has 4 heteroatoms. The first-order chi connectivity index (χ1) is 7.83. The van der Waals surface area contributed by atoms with Crippen molar-refractivity contribution in [3.63, 3.8) is 0 Å². The molecule has 0 saturated heterocycles. The van der Waals surface area contributed by atoms with Crippen molar-refractivity contribution in [3.05, 3.63) is 22.9 Å². The lowest BCUT2D eigenvalue weighted by atomic mass is 9.91. The fourth-order valence-electron chi connectivity index (χ4n) is 2.03. The van der Waals surface area contributed by atoms with Crippen molar-refractivity contribution in [1.29, 1.82) is 0 Å². The van der Waals surface area contributed by atoms with Gasteiger partial charge in [0.1, 0.15) is 0 Å². The fraction of sp³-hybridized carbons (Fsp3) is 0.583. The molecule has 1 heterocycles. The standard InChI is InChI=1S/C12H16Br2N2/c13-6-2-8-16(10-3-1-4-10)12-5-7-15-9-11(12)14/h5,7,9-10H,1-4,6,8H2. The van der Waals surface area contributed by atoms with E-state index in [0.29, 0.717) is 0 Å². The van der Waals surface area contributed by atoms with Crippen LogP contribution in [-0.4, -0.2) is 22.9 Å². The van der Waals surface area contributed by atoms with Gasteiger partial charge in [-0.15, -0.1) is 0 Å². The molecule has 2 rings (SSSR count). The summed E-state index contributed by atoms with van der Waals surface area (Å²) in [5.74, 6) is 0. The third kappa shape index (κ3) is 2.77. The van der Waals surface area contributed by atoms with Crippen LogP contribution in [0.5, 0.6) is 0 Å². The van der Waals surface area contributed by atoms with E-state index >= 15 is 0 Å². The molecule has 88 valence electrons. The Kier molecular flexibility index (Phi) is 4.65. The average Bonchev–Trinajstić information content (AvgIpc) is 2.22. The lowest BCUT2D eigenvalue weighted by Crippen LogP contribution is -2.41. The van der Waals surface area contributed by atoms with Gasteiger partial charge in [0.25, 0.3) is 0 Å². The number of aromatic nitrogens is 1.